The van der Waals surface area contributed by atoms with E-state index < -0.39 is 17.0 Å². The number of hydrogen-bond donors (Lipinski definition) is 1. The van der Waals surface area contributed by atoms with E-state index in [0.29, 0.717) is 32.5 Å². The summed E-state index contributed by atoms with van der Waals surface area (Å²) in [5.41, 5.74) is -0.0153. The molecule has 158 valence electrons. The number of nitro groups is 1. The molecule has 1 aliphatic heterocycles. The number of rotatable bonds is 7. The molecule has 1 amide bonds. The number of carbonyl (C=O) groups excluding carboxylic acids is 3. The molecule has 1 aliphatic rings. The summed E-state index contributed by atoms with van der Waals surface area (Å²) >= 11 is 0. The zero-order valence-electron chi connectivity index (χ0n) is 16.7. The summed E-state index contributed by atoms with van der Waals surface area (Å²) in [7, 11) is 1.53. The van der Waals surface area contributed by atoms with Crippen LogP contribution in [0, 0.1) is 16.0 Å². The number of carbonyl (C=O) groups is 3. The molecule has 0 saturated carbocycles. The zero-order valence-corrected chi connectivity index (χ0v) is 16.7. The van der Waals surface area contributed by atoms with Gasteiger partial charge >= 0.3 is 11.9 Å². The lowest BCUT2D eigenvalue weighted by Crippen LogP contribution is -2.45. The Hall–Kier alpha value is -3.17. The largest absolute Gasteiger partial charge is 0.466 e. The number of amides is 1. The van der Waals surface area contributed by atoms with Crippen molar-refractivity contribution < 1.29 is 28.8 Å². The number of nitrogens with zero attached hydrogens (tertiary/aromatic N) is 2. The molecule has 1 fully saturated rings. The minimum atomic E-state index is -1.05. The van der Waals surface area contributed by atoms with Crippen molar-refractivity contribution >= 4 is 29.2 Å². The fourth-order valence-corrected chi connectivity index (χ4v) is 3.15. The molecular weight excluding hydrogens is 382 g/mol. The first kappa shape index (κ1) is 22.1. The van der Waals surface area contributed by atoms with Gasteiger partial charge in [0.05, 0.1) is 23.0 Å². The second kappa shape index (κ2) is 9.85. The molecule has 1 atom stereocenters. The Morgan fingerprint density at radius 3 is 2.52 bits per heavy atom. The average Bonchev–Trinajstić information content (AvgIpc) is 2.72. The number of piperidine rings is 1. The molecule has 0 radical (unpaired) electrons. The van der Waals surface area contributed by atoms with Crippen LogP contribution in [0.1, 0.15) is 37.0 Å². The Labute approximate surface area is 168 Å². The molecule has 1 saturated heterocycles. The van der Waals surface area contributed by atoms with Gasteiger partial charge in [-0.25, -0.2) is 4.79 Å². The zero-order chi connectivity index (χ0) is 21.6. The molecule has 29 heavy (non-hydrogen) atoms. The summed E-state index contributed by atoms with van der Waals surface area (Å²) in [4.78, 5) is 48.7. The Bertz CT molecular complexity index is 788. The minimum absolute atomic E-state index is 0.0173. The van der Waals surface area contributed by atoms with Crippen LogP contribution in [0.15, 0.2) is 18.2 Å². The van der Waals surface area contributed by atoms with E-state index >= 15 is 0 Å². The molecule has 0 spiro atoms. The third-order valence-electron chi connectivity index (χ3n) is 4.76. The molecule has 0 aliphatic carbocycles. The second-order valence-electron chi connectivity index (χ2n) is 6.64. The van der Waals surface area contributed by atoms with Crippen LogP contribution < -0.4 is 5.32 Å². The van der Waals surface area contributed by atoms with Gasteiger partial charge in [-0.2, -0.15) is 0 Å². The molecule has 2 rings (SSSR count). The maximum atomic E-state index is 12.6. The van der Waals surface area contributed by atoms with Crippen molar-refractivity contribution in [2.45, 2.75) is 32.8 Å². The van der Waals surface area contributed by atoms with Crippen molar-refractivity contribution in [2.75, 3.05) is 32.1 Å². The SMILES string of the molecule is CCOC(=O)C1CCN(C(=O)[C@@H](C)OC(=O)c2ccc(NC)c([N+](=O)[O-])c2)CC1. The Morgan fingerprint density at radius 2 is 1.97 bits per heavy atom. The predicted molar refractivity (Wildman–Crippen MR) is 103 cm³/mol. The van der Waals surface area contributed by atoms with E-state index in [-0.39, 0.29) is 34.7 Å². The number of hydrogen-bond acceptors (Lipinski definition) is 8. The molecule has 0 aromatic heterocycles. The van der Waals surface area contributed by atoms with E-state index in [2.05, 4.69) is 5.32 Å². The summed E-state index contributed by atoms with van der Waals surface area (Å²) < 4.78 is 10.2. The standard InChI is InChI=1S/C19H25N3O7/c1-4-28-18(24)13-7-9-21(10-8-13)17(23)12(2)29-19(25)14-5-6-15(20-3)16(11-14)22(26)27/h5-6,11-13,20H,4,7-10H2,1-3H3/t12-/m1/s1. The summed E-state index contributed by atoms with van der Waals surface area (Å²) in [5, 5.41) is 13.8. The van der Waals surface area contributed by atoms with E-state index in [1.54, 1.807) is 11.8 Å². The van der Waals surface area contributed by atoms with E-state index in [4.69, 9.17) is 9.47 Å². The fraction of sp³-hybridized carbons (Fsp3) is 0.526. The van der Waals surface area contributed by atoms with Gasteiger partial charge in [-0.05, 0) is 38.8 Å². The average molecular weight is 407 g/mol. The van der Waals surface area contributed by atoms with Crippen LogP contribution in [0.5, 0.6) is 0 Å². The quantitative estimate of drug-likeness (QED) is 0.413. The van der Waals surface area contributed by atoms with Gasteiger partial charge in [0.25, 0.3) is 11.6 Å². The van der Waals surface area contributed by atoms with Crippen molar-refractivity contribution in [1.29, 1.82) is 0 Å². The van der Waals surface area contributed by atoms with Crippen molar-refractivity contribution in [3.63, 3.8) is 0 Å². The molecule has 10 nitrogen and oxygen atoms in total. The maximum Gasteiger partial charge on any atom is 0.339 e. The lowest BCUT2D eigenvalue weighted by Gasteiger charge is -2.32. The van der Waals surface area contributed by atoms with Gasteiger partial charge in [0.15, 0.2) is 6.10 Å². The topological polar surface area (TPSA) is 128 Å². The molecule has 0 bridgehead atoms. The van der Waals surface area contributed by atoms with Crippen LogP contribution in [-0.2, 0) is 19.1 Å². The van der Waals surface area contributed by atoms with E-state index in [1.165, 1.54) is 26.1 Å². The van der Waals surface area contributed by atoms with Crippen molar-refractivity contribution in [3.8, 4) is 0 Å². The molecule has 1 aromatic carbocycles. The van der Waals surface area contributed by atoms with Gasteiger partial charge < -0.3 is 19.7 Å². The van der Waals surface area contributed by atoms with Gasteiger partial charge in [-0.15, -0.1) is 0 Å². The lowest BCUT2D eigenvalue weighted by atomic mass is 9.97. The summed E-state index contributed by atoms with van der Waals surface area (Å²) in [6.07, 6.45) is -0.0732. The lowest BCUT2D eigenvalue weighted by molar-refractivity contribution is -0.384. The van der Waals surface area contributed by atoms with E-state index in [9.17, 15) is 24.5 Å². The molecule has 10 heteroatoms. The molecule has 0 unspecified atom stereocenters. The molecule has 1 aromatic rings. The maximum absolute atomic E-state index is 12.6. The van der Waals surface area contributed by atoms with E-state index in [0.717, 1.165) is 6.07 Å². The summed E-state index contributed by atoms with van der Waals surface area (Å²) in [6, 6.07) is 3.90. The van der Waals surface area contributed by atoms with Crippen LogP contribution in [0.25, 0.3) is 0 Å². The van der Waals surface area contributed by atoms with Crippen LogP contribution in [0.4, 0.5) is 11.4 Å². The number of benzene rings is 1. The second-order valence-corrected chi connectivity index (χ2v) is 6.64. The Kier molecular flexibility index (Phi) is 7.52. The fourth-order valence-electron chi connectivity index (χ4n) is 3.15. The summed E-state index contributed by atoms with van der Waals surface area (Å²) in [5.74, 6) is -1.69. The van der Waals surface area contributed by atoms with Crippen LogP contribution >= 0.6 is 0 Å². The van der Waals surface area contributed by atoms with Crippen molar-refractivity contribution in [3.05, 3.63) is 33.9 Å². The van der Waals surface area contributed by atoms with Crippen LogP contribution in [-0.4, -0.2) is 60.5 Å². The first-order chi connectivity index (χ1) is 13.8. The minimum Gasteiger partial charge on any atom is -0.466 e. The van der Waals surface area contributed by atoms with Gasteiger partial charge in [0, 0.05) is 26.2 Å². The predicted octanol–water partition coefficient (Wildman–Crippen LogP) is 1.98. The number of likely N-dealkylation sites (tertiary alicyclic amines) is 1. The van der Waals surface area contributed by atoms with Crippen LogP contribution in [0.3, 0.4) is 0 Å². The first-order valence-electron chi connectivity index (χ1n) is 9.41. The number of esters is 2. The number of anilines is 1. The van der Waals surface area contributed by atoms with Gasteiger partial charge in [-0.3, -0.25) is 19.7 Å². The number of ether oxygens (including phenoxy) is 2. The first-order valence-corrected chi connectivity index (χ1v) is 9.41. The highest BCUT2D eigenvalue weighted by molar-refractivity contribution is 5.93. The monoisotopic (exact) mass is 407 g/mol. The molecule has 1 N–H and O–H groups in total. The van der Waals surface area contributed by atoms with Gasteiger partial charge in [0.2, 0.25) is 0 Å². The van der Waals surface area contributed by atoms with E-state index in [1.807, 2.05) is 0 Å². The van der Waals surface area contributed by atoms with Gasteiger partial charge in [-0.1, -0.05) is 0 Å². The third-order valence-corrected chi connectivity index (χ3v) is 4.76. The van der Waals surface area contributed by atoms with Crippen LogP contribution in [0.2, 0.25) is 0 Å². The third kappa shape index (κ3) is 5.43. The molecular formula is C19H25N3O7. The highest BCUT2D eigenvalue weighted by Gasteiger charge is 2.31. The normalized spacial score (nSPS) is 15.3. The summed E-state index contributed by atoms with van der Waals surface area (Å²) in [6.45, 7) is 4.25. The van der Waals surface area contributed by atoms with Crippen molar-refractivity contribution in [1.82, 2.24) is 4.90 Å². The Balaban J connectivity index is 1.96. The highest BCUT2D eigenvalue weighted by atomic mass is 16.6. The number of nitrogens with one attached hydrogen (secondary N) is 1. The highest BCUT2D eigenvalue weighted by Crippen LogP contribution is 2.26. The molecule has 1 heterocycles. The number of nitro benzene ring substituents is 1. The van der Waals surface area contributed by atoms with Crippen molar-refractivity contribution in [2.24, 2.45) is 5.92 Å². The Morgan fingerprint density at radius 1 is 1.31 bits per heavy atom. The smallest absolute Gasteiger partial charge is 0.339 e. The van der Waals surface area contributed by atoms with Gasteiger partial charge in [0.1, 0.15) is 5.69 Å².